The van der Waals surface area contributed by atoms with Gasteiger partial charge in [0.2, 0.25) is 0 Å². The van der Waals surface area contributed by atoms with E-state index in [9.17, 15) is 14.4 Å². The van der Waals surface area contributed by atoms with Crippen molar-refractivity contribution in [1.29, 1.82) is 0 Å². The molecular weight excluding hydrogens is 430 g/mol. The van der Waals surface area contributed by atoms with Crippen molar-refractivity contribution in [2.24, 2.45) is 0 Å². The highest BCUT2D eigenvalue weighted by Gasteiger charge is 2.27. The van der Waals surface area contributed by atoms with Gasteiger partial charge in [-0.2, -0.15) is 0 Å². The summed E-state index contributed by atoms with van der Waals surface area (Å²) in [4.78, 5) is 37.3. The van der Waals surface area contributed by atoms with Gasteiger partial charge in [-0.15, -0.1) is 11.3 Å². The molecule has 7 nitrogen and oxygen atoms in total. The molecule has 162 valence electrons. The van der Waals surface area contributed by atoms with E-state index in [0.717, 1.165) is 22.5 Å². The number of benzene rings is 1. The number of amides is 1. The second kappa shape index (κ2) is 10.4. The summed E-state index contributed by atoms with van der Waals surface area (Å²) in [6.45, 7) is 8.73. The van der Waals surface area contributed by atoms with Crippen LogP contribution in [0.1, 0.15) is 50.6 Å². The van der Waals surface area contributed by atoms with Crippen LogP contribution in [-0.2, 0) is 14.3 Å². The molecule has 1 aromatic heterocycles. The molecule has 0 bridgehead atoms. The molecule has 0 saturated carbocycles. The van der Waals surface area contributed by atoms with Crippen LogP contribution in [0.15, 0.2) is 12.1 Å². The number of hydrogen-bond acceptors (Lipinski definition) is 7. The normalized spacial score (nSPS) is 10.5. The van der Waals surface area contributed by atoms with Crippen LogP contribution in [0.25, 0.3) is 0 Å². The minimum atomic E-state index is -0.629. The van der Waals surface area contributed by atoms with E-state index in [1.54, 1.807) is 26.8 Å². The fourth-order valence-corrected chi connectivity index (χ4v) is 4.31. The first-order valence-electron chi connectivity index (χ1n) is 9.36. The van der Waals surface area contributed by atoms with Gasteiger partial charge in [0.25, 0.3) is 5.91 Å². The lowest BCUT2D eigenvalue weighted by Gasteiger charge is -2.12. The Bertz CT molecular complexity index is 946. The first-order chi connectivity index (χ1) is 14.2. The maximum atomic E-state index is 12.5. The van der Waals surface area contributed by atoms with Gasteiger partial charge >= 0.3 is 11.9 Å². The number of esters is 2. The third-order valence-corrected chi connectivity index (χ3v) is 5.53. The zero-order chi connectivity index (χ0) is 22.4. The number of nitrogens with one attached hydrogen (secondary N) is 1. The summed E-state index contributed by atoms with van der Waals surface area (Å²) in [6, 6.07) is 3.64. The summed E-state index contributed by atoms with van der Waals surface area (Å²) in [7, 11) is 0. The lowest BCUT2D eigenvalue weighted by atomic mass is 10.1. The highest BCUT2D eigenvalue weighted by Crippen LogP contribution is 2.34. The molecule has 2 aromatic rings. The van der Waals surface area contributed by atoms with Gasteiger partial charge < -0.3 is 19.5 Å². The van der Waals surface area contributed by atoms with Crippen LogP contribution in [0.5, 0.6) is 5.75 Å². The number of thiophene rings is 1. The minimum absolute atomic E-state index is 0.128. The van der Waals surface area contributed by atoms with Crippen LogP contribution in [0.2, 0.25) is 5.02 Å². The van der Waals surface area contributed by atoms with Gasteiger partial charge in [-0.25, -0.2) is 9.59 Å². The molecule has 0 unspecified atom stereocenters. The Labute approximate surface area is 184 Å². The van der Waals surface area contributed by atoms with Crippen molar-refractivity contribution in [1.82, 2.24) is 0 Å². The van der Waals surface area contributed by atoms with E-state index in [-0.39, 0.29) is 35.3 Å². The van der Waals surface area contributed by atoms with Gasteiger partial charge in [-0.3, -0.25) is 4.79 Å². The van der Waals surface area contributed by atoms with Crippen molar-refractivity contribution >= 4 is 45.8 Å². The zero-order valence-electron chi connectivity index (χ0n) is 17.5. The van der Waals surface area contributed by atoms with Crippen LogP contribution in [-0.4, -0.2) is 37.7 Å². The lowest BCUT2D eigenvalue weighted by molar-refractivity contribution is -0.118. The van der Waals surface area contributed by atoms with E-state index in [4.69, 9.17) is 25.8 Å². The maximum Gasteiger partial charge on any atom is 0.348 e. The molecule has 0 aliphatic rings. The molecule has 0 saturated heterocycles. The molecule has 1 amide bonds. The van der Waals surface area contributed by atoms with Crippen LogP contribution in [0.3, 0.4) is 0 Å². The molecule has 9 heteroatoms. The third-order valence-electron chi connectivity index (χ3n) is 4.06. The van der Waals surface area contributed by atoms with Gasteiger partial charge in [-0.1, -0.05) is 17.7 Å². The Morgan fingerprint density at radius 1 is 1.03 bits per heavy atom. The van der Waals surface area contributed by atoms with Crippen molar-refractivity contribution in [2.75, 3.05) is 25.1 Å². The molecule has 0 fully saturated rings. The molecule has 1 N–H and O–H groups in total. The molecule has 0 spiro atoms. The minimum Gasteiger partial charge on any atom is -0.482 e. The molecule has 30 heavy (non-hydrogen) atoms. The second-order valence-corrected chi connectivity index (χ2v) is 7.86. The number of ether oxygens (including phenoxy) is 3. The Morgan fingerprint density at radius 2 is 1.67 bits per heavy atom. The van der Waals surface area contributed by atoms with Gasteiger partial charge in [0.05, 0.1) is 23.8 Å². The van der Waals surface area contributed by atoms with Crippen molar-refractivity contribution in [2.45, 2.75) is 34.6 Å². The van der Waals surface area contributed by atoms with E-state index in [1.807, 2.05) is 19.9 Å². The smallest absolute Gasteiger partial charge is 0.348 e. The highest BCUT2D eigenvalue weighted by atomic mass is 35.5. The molecule has 1 heterocycles. The fourth-order valence-electron chi connectivity index (χ4n) is 2.83. The van der Waals surface area contributed by atoms with Gasteiger partial charge in [0.15, 0.2) is 6.61 Å². The summed E-state index contributed by atoms with van der Waals surface area (Å²) < 4.78 is 15.7. The zero-order valence-corrected chi connectivity index (χ0v) is 19.1. The first kappa shape index (κ1) is 23.7. The summed E-state index contributed by atoms with van der Waals surface area (Å²) in [5.74, 6) is -1.29. The van der Waals surface area contributed by atoms with Crippen LogP contribution < -0.4 is 10.1 Å². The SMILES string of the molecule is CCOC(=O)c1sc(NC(=O)COc2c(C)cc(C)cc2Cl)c(C(=O)OCC)c1C. The Hall–Kier alpha value is -2.58. The van der Waals surface area contributed by atoms with Gasteiger partial charge in [0.1, 0.15) is 15.6 Å². The van der Waals surface area contributed by atoms with Crippen molar-refractivity contribution in [3.8, 4) is 5.75 Å². The number of anilines is 1. The summed E-state index contributed by atoms with van der Waals surface area (Å²) in [6.07, 6.45) is 0. The van der Waals surface area contributed by atoms with E-state index in [1.165, 1.54) is 0 Å². The number of halogens is 1. The molecule has 0 atom stereocenters. The summed E-state index contributed by atoms with van der Waals surface area (Å²) in [5.41, 5.74) is 2.30. The summed E-state index contributed by atoms with van der Waals surface area (Å²) >= 11 is 7.16. The Morgan fingerprint density at radius 3 is 2.27 bits per heavy atom. The first-order valence-corrected chi connectivity index (χ1v) is 10.6. The number of rotatable bonds is 8. The maximum absolute atomic E-state index is 12.5. The predicted octanol–water partition coefficient (Wildman–Crippen LogP) is 4.70. The second-order valence-electron chi connectivity index (χ2n) is 6.43. The van der Waals surface area contributed by atoms with Gasteiger partial charge in [0, 0.05) is 0 Å². The molecule has 0 aliphatic heterocycles. The largest absolute Gasteiger partial charge is 0.482 e. The molecule has 0 radical (unpaired) electrons. The third kappa shape index (κ3) is 5.52. The van der Waals surface area contributed by atoms with E-state index < -0.39 is 17.8 Å². The molecular formula is C21H24ClNO6S. The average molecular weight is 454 g/mol. The molecule has 0 aliphatic carbocycles. The Kier molecular flexibility index (Phi) is 8.25. The summed E-state index contributed by atoms with van der Waals surface area (Å²) in [5, 5.41) is 3.24. The number of carbonyl (C=O) groups excluding carboxylic acids is 3. The molecule has 2 rings (SSSR count). The Balaban J connectivity index is 2.23. The van der Waals surface area contributed by atoms with Crippen LogP contribution in [0.4, 0.5) is 5.00 Å². The number of hydrogen-bond donors (Lipinski definition) is 1. The number of aryl methyl sites for hydroxylation is 2. The average Bonchev–Trinajstić information content (AvgIpc) is 2.97. The van der Waals surface area contributed by atoms with E-state index in [0.29, 0.717) is 16.3 Å². The lowest BCUT2D eigenvalue weighted by Crippen LogP contribution is -2.21. The topological polar surface area (TPSA) is 90.9 Å². The monoisotopic (exact) mass is 453 g/mol. The van der Waals surface area contributed by atoms with Crippen molar-refractivity contribution < 1.29 is 28.6 Å². The highest BCUT2D eigenvalue weighted by molar-refractivity contribution is 7.18. The van der Waals surface area contributed by atoms with Gasteiger partial charge in [-0.05, 0) is 57.4 Å². The fraction of sp³-hybridized carbons (Fsp3) is 0.381. The van der Waals surface area contributed by atoms with Crippen LogP contribution >= 0.6 is 22.9 Å². The quantitative estimate of drug-likeness (QED) is 0.582. The molecule has 1 aromatic carbocycles. The van der Waals surface area contributed by atoms with Crippen molar-refractivity contribution in [3.05, 3.63) is 44.3 Å². The van der Waals surface area contributed by atoms with E-state index >= 15 is 0 Å². The predicted molar refractivity (Wildman–Crippen MR) is 116 cm³/mol. The standard InChI is InChI=1S/C21H24ClNO6S/c1-6-27-20(25)16-13(5)18(21(26)28-7-2)30-19(16)23-15(24)10-29-17-12(4)8-11(3)9-14(17)22/h8-9H,6-7,10H2,1-5H3,(H,23,24). The van der Waals surface area contributed by atoms with Crippen molar-refractivity contribution in [3.63, 3.8) is 0 Å². The van der Waals surface area contributed by atoms with Crippen LogP contribution in [0, 0.1) is 20.8 Å². The van der Waals surface area contributed by atoms with E-state index in [2.05, 4.69) is 5.32 Å². The number of carbonyl (C=O) groups is 3.